The van der Waals surface area contributed by atoms with E-state index in [-0.39, 0.29) is 17.6 Å². The standard InChI is InChI=1S/C22H28FN3O/c1-16-7-8-18(11-21(16)23)13-25-12-17-4-2-5-19(10-17)14-26-9-3-6-20(15-26)22(24)27/h2,4-5,7-8,10-11,20,25H,3,6,9,12-15H2,1H3,(H2,24,27)/t20-/m1/s1. The van der Waals surface area contributed by atoms with Crippen LogP contribution in [0.3, 0.4) is 0 Å². The second-order valence-electron chi connectivity index (χ2n) is 7.48. The number of piperidine rings is 1. The summed E-state index contributed by atoms with van der Waals surface area (Å²) in [5, 5.41) is 3.38. The molecule has 0 saturated carbocycles. The highest BCUT2D eigenvalue weighted by Gasteiger charge is 2.23. The van der Waals surface area contributed by atoms with Gasteiger partial charge in [0.05, 0.1) is 5.92 Å². The minimum atomic E-state index is -0.190. The Morgan fingerprint density at radius 3 is 2.67 bits per heavy atom. The van der Waals surface area contributed by atoms with Crippen LogP contribution in [0.25, 0.3) is 0 Å². The van der Waals surface area contributed by atoms with Gasteiger partial charge in [0.15, 0.2) is 0 Å². The minimum absolute atomic E-state index is 0.0292. The van der Waals surface area contributed by atoms with Gasteiger partial charge in [-0.2, -0.15) is 0 Å². The van der Waals surface area contributed by atoms with E-state index < -0.39 is 0 Å². The van der Waals surface area contributed by atoms with Crippen molar-refractivity contribution in [2.45, 2.75) is 39.4 Å². The Kier molecular flexibility index (Phi) is 6.58. The van der Waals surface area contributed by atoms with E-state index in [4.69, 9.17) is 5.73 Å². The number of hydrogen-bond acceptors (Lipinski definition) is 3. The van der Waals surface area contributed by atoms with Gasteiger partial charge in [-0.15, -0.1) is 0 Å². The summed E-state index contributed by atoms with van der Waals surface area (Å²) < 4.78 is 13.6. The number of benzene rings is 2. The number of nitrogens with one attached hydrogen (secondary N) is 1. The molecule has 1 amide bonds. The third kappa shape index (κ3) is 5.62. The number of hydrogen-bond donors (Lipinski definition) is 2. The number of carbonyl (C=O) groups excluding carboxylic acids is 1. The normalized spacial score (nSPS) is 17.8. The summed E-state index contributed by atoms with van der Waals surface area (Å²) in [6, 6.07) is 13.8. The average molecular weight is 369 g/mol. The Balaban J connectivity index is 1.52. The zero-order valence-electron chi connectivity index (χ0n) is 15.9. The monoisotopic (exact) mass is 369 g/mol. The molecule has 0 unspecified atom stereocenters. The van der Waals surface area contributed by atoms with Crippen molar-refractivity contribution in [3.63, 3.8) is 0 Å². The van der Waals surface area contributed by atoms with E-state index in [0.29, 0.717) is 12.1 Å². The molecule has 0 bridgehead atoms. The second kappa shape index (κ2) is 9.11. The van der Waals surface area contributed by atoms with Crippen LogP contribution in [0.1, 0.15) is 35.1 Å². The van der Waals surface area contributed by atoms with Gasteiger partial charge in [-0.05, 0) is 54.6 Å². The lowest BCUT2D eigenvalue weighted by Crippen LogP contribution is -2.40. The highest BCUT2D eigenvalue weighted by atomic mass is 19.1. The molecule has 0 aromatic heterocycles. The van der Waals surface area contributed by atoms with Gasteiger partial charge in [0.25, 0.3) is 0 Å². The summed E-state index contributed by atoms with van der Waals surface area (Å²) in [6.45, 7) is 5.72. The first-order chi connectivity index (χ1) is 13.0. The van der Waals surface area contributed by atoms with Gasteiger partial charge in [-0.25, -0.2) is 4.39 Å². The van der Waals surface area contributed by atoms with Crippen molar-refractivity contribution in [2.24, 2.45) is 11.7 Å². The molecule has 5 heteroatoms. The maximum absolute atomic E-state index is 13.6. The lowest BCUT2D eigenvalue weighted by Gasteiger charge is -2.31. The number of halogens is 1. The van der Waals surface area contributed by atoms with Gasteiger partial charge in [-0.3, -0.25) is 9.69 Å². The van der Waals surface area contributed by atoms with Gasteiger partial charge in [-0.1, -0.05) is 36.4 Å². The first-order valence-corrected chi connectivity index (χ1v) is 9.56. The summed E-state index contributed by atoms with van der Waals surface area (Å²) >= 11 is 0. The van der Waals surface area contributed by atoms with Crippen molar-refractivity contribution in [3.05, 3.63) is 70.5 Å². The summed E-state index contributed by atoms with van der Waals surface area (Å²) in [4.78, 5) is 13.8. The number of aryl methyl sites for hydroxylation is 1. The zero-order valence-corrected chi connectivity index (χ0v) is 15.9. The van der Waals surface area contributed by atoms with Crippen molar-refractivity contribution < 1.29 is 9.18 Å². The molecule has 2 aromatic carbocycles. The van der Waals surface area contributed by atoms with Crippen LogP contribution in [0, 0.1) is 18.7 Å². The van der Waals surface area contributed by atoms with Crippen molar-refractivity contribution in [3.8, 4) is 0 Å². The molecule has 1 fully saturated rings. The van der Waals surface area contributed by atoms with E-state index in [1.165, 1.54) is 11.1 Å². The van der Waals surface area contributed by atoms with Gasteiger partial charge in [0.1, 0.15) is 5.82 Å². The van der Waals surface area contributed by atoms with E-state index in [9.17, 15) is 9.18 Å². The average Bonchev–Trinajstić information content (AvgIpc) is 2.65. The number of likely N-dealkylation sites (tertiary alicyclic amines) is 1. The summed E-state index contributed by atoms with van der Waals surface area (Å²) in [7, 11) is 0. The van der Waals surface area contributed by atoms with E-state index in [1.54, 1.807) is 13.0 Å². The molecule has 0 radical (unpaired) electrons. The number of nitrogens with zero attached hydrogens (tertiary/aromatic N) is 1. The fourth-order valence-electron chi connectivity index (χ4n) is 3.63. The molecule has 0 spiro atoms. The fourth-order valence-corrected chi connectivity index (χ4v) is 3.63. The molecule has 27 heavy (non-hydrogen) atoms. The molecule has 1 atom stereocenters. The summed E-state index contributed by atoms with van der Waals surface area (Å²) in [6.07, 6.45) is 1.91. The van der Waals surface area contributed by atoms with Crippen LogP contribution in [0.5, 0.6) is 0 Å². The van der Waals surface area contributed by atoms with Gasteiger partial charge >= 0.3 is 0 Å². The summed E-state index contributed by atoms with van der Waals surface area (Å²) in [5.41, 5.74) is 9.52. The molecule has 0 aliphatic carbocycles. The second-order valence-corrected chi connectivity index (χ2v) is 7.48. The SMILES string of the molecule is Cc1ccc(CNCc2cccc(CN3CCC[C@@H](C(N)=O)C3)c2)cc1F. The van der Waals surface area contributed by atoms with Gasteiger partial charge in [0.2, 0.25) is 5.91 Å². The quantitative estimate of drug-likeness (QED) is 0.788. The van der Waals surface area contributed by atoms with E-state index in [0.717, 1.165) is 44.6 Å². The van der Waals surface area contributed by atoms with Crippen molar-refractivity contribution in [2.75, 3.05) is 13.1 Å². The molecule has 1 aliphatic rings. The Morgan fingerprint density at radius 1 is 1.19 bits per heavy atom. The molecule has 1 aliphatic heterocycles. The molecule has 3 rings (SSSR count). The van der Waals surface area contributed by atoms with E-state index in [1.807, 2.05) is 12.1 Å². The first-order valence-electron chi connectivity index (χ1n) is 9.56. The highest BCUT2D eigenvalue weighted by Crippen LogP contribution is 2.19. The van der Waals surface area contributed by atoms with Gasteiger partial charge in [0, 0.05) is 26.2 Å². The lowest BCUT2D eigenvalue weighted by atomic mass is 9.97. The van der Waals surface area contributed by atoms with Crippen LogP contribution in [0.2, 0.25) is 0 Å². The minimum Gasteiger partial charge on any atom is -0.369 e. The molecular weight excluding hydrogens is 341 g/mol. The largest absolute Gasteiger partial charge is 0.369 e. The van der Waals surface area contributed by atoms with Crippen LogP contribution < -0.4 is 11.1 Å². The maximum atomic E-state index is 13.6. The molecule has 2 aromatic rings. The van der Waals surface area contributed by atoms with Crippen LogP contribution in [-0.4, -0.2) is 23.9 Å². The number of primary amides is 1. The number of nitrogens with two attached hydrogens (primary N) is 1. The molecule has 4 nitrogen and oxygen atoms in total. The van der Waals surface area contributed by atoms with Crippen LogP contribution in [0.15, 0.2) is 42.5 Å². The van der Waals surface area contributed by atoms with E-state index in [2.05, 4.69) is 34.5 Å². The molecule has 144 valence electrons. The number of rotatable bonds is 7. The zero-order chi connectivity index (χ0) is 19.2. The maximum Gasteiger partial charge on any atom is 0.221 e. The Morgan fingerprint density at radius 2 is 1.93 bits per heavy atom. The van der Waals surface area contributed by atoms with Crippen molar-refractivity contribution in [1.82, 2.24) is 10.2 Å². The molecule has 3 N–H and O–H groups in total. The fraction of sp³-hybridized carbons (Fsp3) is 0.409. The first kappa shape index (κ1) is 19.5. The van der Waals surface area contributed by atoms with Crippen LogP contribution in [0.4, 0.5) is 4.39 Å². The molecule has 1 heterocycles. The van der Waals surface area contributed by atoms with E-state index >= 15 is 0 Å². The lowest BCUT2D eigenvalue weighted by molar-refractivity contribution is -0.123. The Bertz CT molecular complexity index is 793. The number of amides is 1. The highest BCUT2D eigenvalue weighted by molar-refractivity contribution is 5.76. The third-order valence-electron chi connectivity index (χ3n) is 5.20. The summed E-state index contributed by atoms with van der Waals surface area (Å²) in [5.74, 6) is -0.379. The van der Waals surface area contributed by atoms with Crippen molar-refractivity contribution in [1.29, 1.82) is 0 Å². The predicted octanol–water partition coefficient (Wildman–Crippen LogP) is 3.12. The predicted molar refractivity (Wildman–Crippen MR) is 105 cm³/mol. The number of carbonyl (C=O) groups is 1. The Hall–Kier alpha value is -2.24. The topological polar surface area (TPSA) is 58.4 Å². The van der Waals surface area contributed by atoms with Crippen LogP contribution in [-0.2, 0) is 24.4 Å². The van der Waals surface area contributed by atoms with Gasteiger partial charge < -0.3 is 11.1 Å². The third-order valence-corrected chi connectivity index (χ3v) is 5.20. The smallest absolute Gasteiger partial charge is 0.221 e. The van der Waals surface area contributed by atoms with Crippen LogP contribution >= 0.6 is 0 Å². The molecular formula is C22H28FN3O. The molecule has 1 saturated heterocycles. The van der Waals surface area contributed by atoms with Crippen molar-refractivity contribution >= 4 is 5.91 Å². The Labute approximate surface area is 160 Å².